The lowest BCUT2D eigenvalue weighted by molar-refractivity contribution is -0.136. The number of anilines is 1. The number of rotatable bonds is 5. The van der Waals surface area contributed by atoms with Crippen molar-refractivity contribution in [1.29, 1.82) is 5.26 Å². The van der Waals surface area contributed by atoms with Gasteiger partial charge in [0.05, 0.1) is 17.3 Å². The summed E-state index contributed by atoms with van der Waals surface area (Å²) in [6, 6.07) is 17.0. The molecule has 0 saturated carbocycles. The molecule has 2 N–H and O–H groups in total. The molecule has 26 heavy (non-hydrogen) atoms. The zero-order valence-electron chi connectivity index (χ0n) is 13.8. The number of carbonyl (C=O) groups excluding carboxylic acids is 2. The van der Waals surface area contributed by atoms with Gasteiger partial charge in [-0.05, 0) is 29.8 Å². The fraction of sp³-hybridized carbons (Fsp3) is 0.158. The topological polar surface area (TPSA) is 109 Å². The molecule has 0 fully saturated rings. The zero-order chi connectivity index (χ0) is 18.5. The highest BCUT2D eigenvalue weighted by atomic mass is 16.5. The average molecular weight is 348 g/mol. The van der Waals surface area contributed by atoms with E-state index in [-0.39, 0.29) is 18.7 Å². The minimum atomic E-state index is -0.727. The molecule has 0 spiro atoms. The number of primary amides is 1. The van der Waals surface area contributed by atoms with E-state index in [0.29, 0.717) is 11.3 Å². The van der Waals surface area contributed by atoms with Gasteiger partial charge in [0.2, 0.25) is 5.91 Å². The van der Waals surface area contributed by atoms with Crippen molar-refractivity contribution >= 4 is 23.3 Å². The van der Waals surface area contributed by atoms with Crippen LogP contribution in [0, 0.1) is 11.3 Å². The molecule has 2 aromatic carbocycles. The van der Waals surface area contributed by atoms with E-state index in [4.69, 9.17) is 15.7 Å². The molecule has 1 amide bonds. The number of amides is 1. The van der Waals surface area contributed by atoms with E-state index in [0.717, 1.165) is 5.56 Å². The van der Waals surface area contributed by atoms with Crippen molar-refractivity contribution < 1.29 is 14.3 Å². The summed E-state index contributed by atoms with van der Waals surface area (Å²) in [5.41, 5.74) is 7.55. The van der Waals surface area contributed by atoms with Gasteiger partial charge >= 0.3 is 5.97 Å². The zero-order valence-corrected chi connectivity index (χ0v) is 13.8. The first-order valence-corrected chi connectivity index (χ1v) is 7.95. The number of nitrogens with two attached hydrogens (primary N) is 1. The van der Waals surface area contributed by atoms with Gasteiger partial charge in [-0.2, -0.15) is 10.4 Å². The van der Waals surface area contributed by atoms with Crippen molar-refractivity contribution in [3.63, 3.8) is 0 Å². The summed E-state index contributed by atoms with van der Waals surface area (Å²) >= 11 is 0. The number of esters is 1. The van der Waals surface area contributed by atoms with Crippen molar-refractivity contribution in [2.24, 2.45) is 10.8 Å². The number of carbonyl (C=O) groups is 2. The van der Waals surface area contributed by atoms with Gasteiger partial charge in [-0.3, -0.25) is 9.80 Å². The number of hydrazone groups is 1. The van der Waals surface area contributed by atoms with Crippen LogP contribution in [0.2, 0.25) is 0 Å². The summed E-state index contributed by atoms with van der Waals surface area (Å²) in [5.74, 6) is -1.16. The Hall–Kier alpha value is -3.66. The quantitative estimate of drug-likeness (QED) is 0.828. The number of benzene rings is 2. The van der Waals surface area contributed by atoms with Crippen LogP contribution in [0.15, 0.2) is 59.7 Å². The summed E-state index contributed by atoms with van der Waals surface area (Å²) in [6.07, 6.45) is 0.0937. The molecule has 1 unspecified atom stereocenters. The highest BCUT2D eigenvalue weighted by Gasteiger charge is 2.35. The Morgan fingerprint density at radius 1 is 1.19 bits per heavy atom. The second kappa shape index (κ2) is 7.49. The number of nitrogens with zero attached hydrogens (tertiary/aromatic N) is 3. The Morgan fingerprint density at radius 2 is 1.88 bits per heavy atom. The van der Waals surface area contributed by atoms with Crippen LogP contribution in [0.1, 0.15) is 17.5 Å². The SMILES string of the molecule is N#Cc1ccc(COC(=O)C2=NN(c3ccccc3)C(C(N)=O)C2)cc1. The summed E-state index contributed by atoms with van der Waals surface area (Å²) in [7, 11) is 0. The van der Waals surface area contributed by atoms with Crippen molar-refractivity contribution in [1.82, 2.24) is 0 Å². The van der Waals surface area contributed by atoms with Gasteiger partial charge in [-0.25, -0.2) is 4.79 Å². The van der Waals surface area contributed by atoms with Gasteiger partial charge in [0.25, 0.3) is 0 Å². The molecule has 2 aromatic rings. The highest BCUT2D eigenvalue weighted by molar-refractivity contribution is 6.38. The predicted octanol–water partition coefficient (Wildman–Crippen LogP) is 1.72. The number of para-hydroxylation sites is 1. The van der Waals surface area contributed by atoms with Crippen LogP contribution in [-0.4, -0.2) is 23.6 Å². The molecule has 0 aliphatic carbocycles. The first-order chi connectivity index (χ1) is 12.6. The van der Waals surface area contributed by atoms with E-state index in [2.05, 4.69) is 5.10 Å². The fourth-order valence-electron chi connectivity index (χ4n) is 2.58. The van der Waals surface area contributed by atoms with Crippen molar-refractivity contribution in [3.8, 4) is 6.07 Å². The van der Waals surface area contributed by atoms with Crippen molar-refractivity contribution in [3.05, 3.63) is 65.7 Å². The maximum atomic E-state index is 12.3. The van der Waals surface area contributed by atoms with Crippen LogP contribution in [0.5, 0.6) is 0 Å². The Balaban J connectivity index is 1.70. The molecular formula is C19H16N4O3. The maximum Gasteiger partial charge on any atom is 0.354 e. The van der Waals surface area contributed by atoms with E-state index < -0.39 is 17.9 Å². The third-order valence-corrected chi connectivity index (χ3v) is 3.95. The monoisotopic (exact) mass is 348 g/mol. The minimum absolute atomic E-state index is 0.0517. The number of hydrogen-bond donors (Lipinski definition) is 1. The lowest BCUT2D eigenvalue weighted by atomic mass is 10.1. The fourth-order valence-corrected chi connectivity index (χ4v) is 2.58. The van der Waals surface area contributed by atoms with Crippen LogP contribution in [-0.2, 0) is 20.9 Å². The largest absolute Gasteiger partial charge is 0.456 e. The van der Waals surface area contributed by atoms with Crippen molar-refractivity contribution in [2.75, 3.05) is 5.01 Å². The van der Waals surface area contributed by atoms with Crippen LogP contribution in [0.25, 0.3) is 0 Å². The molecule has 0 saturated heterocycles. The lowest BCUT2D eigenvalue weighted by Crippen LogP contribution is -2.39. The number of ether oxygens (including phenoxy) is 1. The first kappa shape index (κ1) is 17.2. The molecule has 0 bridgehead atoms. The van der Waals surface area contributed by atoms with E-state index in [1.54, 1.807) is 36.4 Å². The van der Waals surface area contributed by atoms with E-state index in [1.807, 2.05) is 24.3 Å². The second-order valence-electron chi connectivity index (χ2n) is 5.73. The normalized spacial score (nSPS) is 15.9. The Morgan fingerprint density at radius 3 is 2.50 bits per heavy atom. The minimum Gasteiger partial charge on any atom is -0.456 e. The lowest BCUT2D eigenvalue weighted by Gasteiger charge is -2.20. The average Bonchev–Trinajstić information content (AvgIpc) is 3.13. The molecule has 0 aromatic heterocycles. The Kier molecular flexibility index (Phi) is 4.94. The van der Waals surface area contributed by atoms with Gasteiger partial charge in [-0.1, -0.05) is 30.3 Å². The van der Waals surface area contributed by atoms with E-state index in [9.17, 15) is 9.59 Å². The standard InChI is InChI=1S/C19H16N4O3/c20-11-13-6-8-14(9-7-13)12-26-19(25)16-10-17(18(21)24)23(22-16)15-4-2-1-3-5-15/h1-9,17H,10,12H2,(H2,21,24). The van der Waals surface area contributed by atoms with Crippen LogP contribution in [0.4, 0.5) is 5.69 Å². The molecule has 7 heteroatoms. The van der Waals surface area contributed by atoms with Gasteiger partial charge in [0, 0.05) is 6.42 Å². The summed E-state index contributed by atoms with van der Waals surface area (Å²) < 4.78 is 5.27. The highest BCUT2D eigenvalue weighted by Crippen LogP contribution is 2.24. The molecule has 130 valence electrons. The Bertz CT molecular complexity index is 885. The molecule has 7 nitrogen and oxygen atoms in total. The third kappa shape index (κ3) is 3.70. The van der Waals surface area contributed by atoms with Crippen molar-refractivity contribution in [2.45, 2.75) is 19.1 Å². The summed E-state index contributed by atoms with van der Waals surface area (Å²) in [5, 5.41) is 14.5. The van der Waals surface area contributed by atoms with Gasteiger partial charge in [-0.15, -0.1) is 0 Å². The molecule has 0 radical (unpaired) electrons. The maximum absolute atomic E-state index is 12.3. The van der Waals surface area contributed by atoms with Crippen LogP contribution in [0.3, 0.4) is 0 Å². The van der Waals surface area contributed by atoms with Crippen LogP contribution >= 0.6 is 0 Å². The van der Waals surface area contributed by atoms with Gasteiger partial charge < -0.3 is 10.5 Å². The molecular weight excluding hydrogens is 332 g/mol. The smallest absolute Gasteiger partial charge is 0.354 e. The van der Waals surface area contributed by atoms with E-state index in [1.165, 1.54) is 5.01 Å². The number of nitriles is 1. The van der Waals surface area contributed by atoms with Gasteiger partial charge in [0.1, 0.15) is 18.4 Å². The third-order valence-electron chi connectivity index (χ3n) is 3.95. The summed E-state index contributed by atoms with van der Waals surface area (Å²) in [6.45, 7) is 0.0517. The summed E-state index contributed by atoms with van der Waals surface area (Å²) in [4.78, 5) is 24.0. The first-order valence-electron chi connectivity index (χ1n) is 7.95. The molecule has 1 aliphatic heterocycles. The molecule has 1 heterocycles. The molecule has 3 rings (SSSR count). The molecule has 1 atom stereocenters. The Labute approximate surface area is 150 Å². The van der Waals surface area contributed by atoms with Crippen LogP contribution < -0.4 is 10.7 Å². The predicted molar refractivity (Wildman–Crippen MR) is 94.9 cm³/mol. The second-order valence-corrected chi connectivity index (χ2v) is 5.73. The molecule has 1 aliphatic rings. The van der Waals surface area contributed by atoms with Gasteiger partial charge in [0.15, 0.2) is 0 Å². The number of hydrogen-bond acceptors (Lipinski definition) is 6. The van der Waals surface area contributed by atoms with E-state index >= 15 is 0 Å².